The predicted molar refractivity (Wildman–Crippen MR) is 237 cm³/mol. The van der Waals surface area contributed by atoms with Gasteiger partial charge in [0.1, 0.15) is 0 Å². The molecule has 0 bridgehead atoms. The van der Waals surface area contributed by atoms with Crippen LogP contribution in [0.5, 0.6) is 0 Å². The minimum atomic E-state index is 0.744. The molecule has 0 amide bonds. The standard InChI is InChI=1S/C50H40N4S/c1-35-16-33-46(55-35)34-52-41-23-31-45(32-24-41)54(50-15-7-11-39-9-3-5-13-48(39)50)43-27-19-37(20-28-43)36-17-25-42(26-18-36)53(44-29-21-40(51)22-30-44)49-14-6-10-38-8-2-4-12-47(38)49/h2-33,52H,34,51H2,1H3. The van der Waals surface area contributed by atoms with E-state index in [1.807, 2.05) is 23.5 Å². The summed E-state index contributed by atoms with van der Waals surface area (Å²) in [5.41, 5.74) is 16.8. The average molecular weight is 729 g/mol. The summed E-state index contributed by atoms with van der Waals surface area (Å²) in [6.45, 7) is 2.97. The Balaban J connectivity index is 1.04. The van der Waals surface area contributed by atoms with E-state index < -0.39 is 0 Å². The Kier molecular flexibility index (Phi) is 9.20. The molecule has 266 valence electrons. The van der Waals surface area contributed by atoms with Gasteiger partial charge in [-0.3, -0.25) is 0 Å². The number of aryl methyl sites for hydroxylation is 1. The second-order valence-corrected chi connectivity index (χ2v) is 15.1. The van der Waals surface area contributed by atoms with Gasteiger partial charge in [0, 0.05) is 61.2 Å². The molecule has 5 heteroatoms. The summed E-state index contributed by atoms with van der Waals surface area (Å²) in [7, 11) is 0. The van der Waals surface area contributed by atoms with Crippen LogP contribution in [-0.2, 0) is 6.54 Å². The Morgan fingerprint density at radius 1 is 0.455 bits per heavy atom. The molecular weight excluding hydrogens is 689 g/mol. The van der Waals surface area contributed by atoms with E-state index >= 15 is 0 Å². The lowest BCUT2D eigenvalue weighted by Gasteiger charge is -2.27. The maximum Gasteiger partial charge on any atom is 0.0540 e. The molecule has 0 unspecified atom stereocenters. The fourth-order valence-electron chi connectivity index (χ4n) is 7.39. The van der Waals surface area contributed by atoms with Crippen LogP contribution in [0.1, 0.15) is 9.75 Å². The maximum atomic E-state index is 6.11. The fraction of sp³-hybridized carbons (Fsp3) is 0.0400. The van der Waals surface area contributed by atoms with Crippen LogP contribution < -0.4 is 20.9 Å². The zero-order valence-electron chi connectivity index (χ0n) is 30.6. The first-order chi connectivity index (χ1) is 27.1. The van der Waals surface area contributed by atoms with Crippen molar-refractivity contribution in [3.05, 3.63) is 204 Å². The van der Waals surface area contributed by atoms with E-state index in [0.717, 1.165) is 63.2 Å². The van der Waals surface area contributed by atoms with Crippen LogP contribution in [0.15, 0.2) is 194 Å². The van der Waals surface area contributed by atoms with Crippen molar-refractivity contribution in [2.75, 3.05) is 20.9 Å². The third kappa shape index (κ3) is 7.01. The maximum absolute atomic E-state index is 6.11. The van der Waals surface area contributed by atoms with Gasteiger partial charge in [-0.05, 0) is 126 Å². The molecule has 1 aromatic heterocycles. The number of nitrogens with zero attached hydrogens (tertiary/aromatic N) is 2. The van der Waals surface area contributed by atoms with Gasteiger partial charge in [0.15, 0.2) is 0 Å². The molecule has 1 heterocycles. The highest BCUT2D eigenvalue weighted by Gasteiger charge is 2.18. The number of thiophene rings is 1. The normalized spacial score (nSPS) is 11.1. The molecule has 0 saturated carbocycles. The van der Waals surface area contributed by atoms with Crippen LogP contribution in [0.3, 0.4) is 0 Å². The summed E-state index contributed by atoms with van der Waals surface area (Å²) >= 11 is 1.83. The molecule has 8 aromatic carbocycles. The molecule has 0 saturated heterocycles. The SMILES string of the molecule is Cc1ccc(CNc2ccc(N(c3ccc(-c4ccc(N(c5ccc(N)cc5)c5cccc6ccccc56)cc4)cc3)c3cccc4ccccc34)cc2)s1. The molecule has 3 N–H and O–H groups in total. The molecular formula is C50H40N4S. The summed E-state index contributed by atoms with van der Waals surface area (Å²) in [5, 5.41) is 8.41. The molecule has 0 aliphatic carbocycles. The van der Waals surface area contributed by atoms with Gasteiger partial charge in [-0.15, -0.1) is 11.3 Å². The number of benzene rings is 8. The minimum Gasteiger partial charge on any atom is -0.399 e. The number of nitrogens with two attached hydrogens (primary N) is 1. The van der Waals surface area contributed by atoms with Crippen LogP contribution in [0, 0.1) is 6.92 Å². The van der Waals surface area contributed by atoms with Gasteiger partial charge in [0.2, 0.25) is 0 Å². The van der Waals surface area contributed by atoms with Crippen molar-refractivity contribution < 1.29 is 0 Å². The first-order valence-corrected chi connectivity index (χ1v) is 19.4. The number of nitrogens with one attached hydrogen (secondary N) is 1. The number of rotatable bonds is 10. The monoisotopic (exact) mass is 728 g/mol. The van der Waals surface area contributed by atoms with E-state index in [1.54, 1.807) is 0 Å². The van der Waals surface area contributed by atoms with E-state index in [1.165, 1.54) is 31.3 Å². The van der Waals surface area contributed by atoms with Crippen LogP contribution in [0.4, 0.5) is 45.5 Å². The van der Waals surface area contributed by atoms with Crippen molar-refractivity contribution in [3.8, 4) is 11.1 Å². The zero-order chi connectivity index (χ0) is 37.1. The van der Waals surface area contributed by atoms with E-state index in [0.29, 0.717) is 0 Å². The van der Waals surface area contributed by atoms with E-state index in [9.17, 15) is 0 Å². The van der Waals surface area contributed by atoms with Crippen LogP contribution in [-0.4, -0.2) is 0 Å². The van der Waals surface area contributed by atoms with Gasteiger partial charge in [-0.1, -0.05) is 97.1 Å². The van der Waals surface area contributed by atoms with Crippen molar-refractivity contribution in [1.29, 1.82) is 0 Å². The lowest BCUT2D eigenvalue weighted by molar-refractivity contribution is 1.19. The van der Waals surface area contributed by atoms with Gasteiger partial charge in [0.05, 0.1) is 11.4 Å². The summed E-state index contributed by atoms with van der Waals surface area (Å²) in [5.74, 6) is 0. The number of anilines is 8. The van der Waals surface area contributed by atoms with Gasteiger partial charge in [-0.2, -0.15) is 0 Å². The van der Waals surface area contributed by atoms with Crippen molar-refractivity contribution in [1.82, 2.24) is 0 Å². The molecule has 0 aliphatic rings. The number of nitrogen functional groups attached to an aromatic ring is 1. The molecule has 4 nitrogen and oxygen atoms in total. The molecule has 0 atom stereocenters. The van der Waals surface area contributed by atoms with E-state index in [-0.39, 0.29) is 0 Å². The average Bonchev–Trinajstić information content (AvgIpc) is 3.67. The Morgan fingerprint density at radius 3 is 1.36 bits per heavy atom. The summed E-state index contributed by atoms with van der Waals surface area (Å²) < 4.78 is 0. The van der Waals surface area contributed by atoms with Crippen molar-refractivity contribution in [3.63, 3.8) is 0 Å². The lowest BCUT2D eigenvalue weighted by atomic mass is 10.0. The second-order valence-electron chi connectivity index (χ2n) is 13.8. The zero-order valence-corrected chi connectivity index (χ0v) is 31.4. The summed E-state index contributed by atoms with van der Waals surface area (Å²) in [6, 6.07) is 69.1. The third-order valence-electron chi connectivity index (χ3n) is 10.1. The first-order valence-electron chi connectivity index (χ1n) is 18.6. The molecule has 9 aromatic rings. The van der Waals surface area contributed by atoms with Crippen LogP contribution >= 0.6 is 11.3 Å². The Bertz CT molecular complexity index is 2710. The van der Waals surface area contributed by atoms with Crippen LogP contribution in [0.2, 0.25) is 0 Å². The van der Waals surface area contributed by atoms with Crippen molar-refractivity contribution in [2.24, 2.45) is 0 Å². The van der Waals surface area contributed by atoms with Gasteiger partial charge in [0.25, 0.3) is 0 Å². The van der Waals surface area contributed by atoms with E-state index in [2.05, 4.69) is 204 Å². The van der Waals surface area contributed by atoms with Crippen molar-refractivity contribution >= 4 is 78.4 Å². The Morgan fingerprint density at radius 2 is 0.891 bits per heavy atom. The third-order valence-corrected chi connectivity index (χ3v) is 11.1. The van der Waals surface area contributed by atoms with Crippen LogP contribution in [0.25, 0.3) is 32.7 Å². The quantitative estimate of drug-likeness (QED) is 0.138. The molecule has 0 fully saturated rings. The lowest BCUT2D eigenvalue weighted by Crippen LogP contribution is -2.11. The Labute approximate surface area is 326 Å². The highest BCUT2D eigenvalue weighted by atomic mass is 32.1. The van der Waals surface area contributed by atoms with Crippen molar-refractivity contribution in [2.45, 2.75) is 13.5 Å². The number of hydrogen-bond donors (Lipinski definition) is 2. The molecule has 0 spiro atoms. The molecule has 55 heavy (non-hydrogen) atoms. The van der Waals surface area contributed by atoms with E-state index in [4.69, 9.17) is 5.73 Å². The predicted octanol–water partition coefficient (Wildman–Crippen LogP) is 14.2. The number of hydrogen-bond acceptors (Lipinski definition) is 5. The topological polar surface area (TPSA) is 44.5 Å². The first kappa shape index (κ1) is 34.0. The van der Waals surface area contributed by atoms with Gasteiger partial charge < -0.3 is 20.9 Å². The molecule has 0 aliphatic heterocycles. The fourth-order valence-corrected chi connectivity index (χ4v) is 8.22. The highest BCUT2D eigenvalue weighted by molar-refractivity contribution is 7.11. The number of fused-ring (bicyclic) bond motifs is 2. The summed E-state index contributed by atoms with van der Waals surface area (Å²) in [4.78, 5) is 7.33. The largest absolute Gasteiger partial charge is 0.399 e. The van der Waals surface area contributed by atoms with Gasteiger partial charge in [-0.25, -0.2) is 0 Å². The minimum absolute atomic E-state index is 0.744. The molecule has 0 radical (unpaired) electrons. The molecule has 9 rings (SSSR count). The second kappa shape index (κ2) is 14.9. The highest BCUT2D eigenvalue weighted by Crippen LogP contribution is 2.42. The summed E-state index contributed by atoms with van der Waals surface area (Å²) in [6.07, 6.45) is 0. The van der Waals surface area contributed by atoms with Gasteiger partial charge >= 0.3 is 0 Å². The smallest absolute Gasteiger partial charge is 0.0540 e. The Hall–Kier alpha value is -6.82.